The molecule has 0 bridgehead atoms. The highest BCUT2D eigenvalue weighted by atomic mass is 33.9. The summed E-state index contributed by atoms with van der Waals surface area (Å²) in [5.41, 5.74) is 0. The van der Waals surface area contributed by atoms with Gasteiger partial charge in [0.15, 0.2) is 0 Å². The number of hydrogen-bond donors (Lipinski definition) is 0. The van der Waals surface area contributed by atoms with E-state index in [9.17, 15) is 0 Å². The van der Waals surface area contributed by atoms with Crippen molar-refractivity contribution in [1.82, 2.24) is 8.61 Å². The van der Waals surface area contributed by atoms with Crippen LogP contribution in [-0.4, -0.2) is 61.2 Å². The summed E-state index contributed by atoms with van der Waals surface area (Å²) < 4.78 is 15.3. The zero-order valence-corrected chi connectivity index (χ0v) is 14.7. The van der Waals surface area contributed by atoms with Crippen molar-refractivity contribution in [1.29, 1.82) is 0 Å². The van der Waals surface area contributed by atoms with Gasteiger partial charge in [-0.15, -0.1) is 0 Å². The quantitative estimate of drug-likeness (QED) is 0.379. The lowest BCUT2D eigenvalue weighted by molar-refractivity contribution is 0.0779. The molecule has 0 aromatic carbocycles. The van der Waals surface area contributed by atoms with Crippen LogP contribution in [0.15, 0.2) is 0 Å². The third-order valence-electron chi connectivity index (χ3n) is 2.30. The van der Waals surface area contributed by atoms with Crippen LogP contribution in [0, 0.1) is 0 Å². The van der Waals surface area contributed by atoms with Gasteiger partial charge in [0.1, 0.15) is 0 Å². The Labute approximate surface area is 131 Å². The average Bonchev–Trinajstić information content (AvgIpc) is 2.45. The van der Waals surface area contributed by atoms with Gasteiger partial charge < -0.3 is 9.47 Å². The van der Waals surface area contributed by atoms with E-state index < -0.39 is 0 Å². The molecule has 0 atom stereocenters. The minimum Gasteiger partial charge on any atom is -0.379 e. The van der Waals surface area contributed by atoms with Crippen LogP contribution in [0.3, 0.4) is 0 Å². The third-order valence-corrected chi connectivity index (χ3v) is 13.0. The fourth-order valence-corrected chi connectivity index (χ4v) is 12.6. The molecule has 0 spiro atoms. The molecule has 18 heavy (non-hydrogen) atoms. The van der Waals surface area contributed by atoms with Crippen molar-refractivity contribution in [2.24, 2.45) is 0 Å². The molecule has 2 aliphatic heterocycles. The minimum absolute atomic E-state index is 0.868. The molecule has 2 rings (SSSR count). The second kappa shape index (κ2) is 10.6. The molecule has 0 aromatic rings. The Kier molecular flexibility index (Phi) is 9.64. The standard InChI is InChI=1S/C8H16N2O2S6/c1-5-11-6-2-9(1)13-15-17-18-16-14-10-3-7-12-8-4-10/h1-8H2. The summed E-state index contributed by atoms with van der Waals surface area (Å²) in [6.07, 6.45) is 0. The molecular formula is C8H16N2O2S6. The Morgan fingerprint density at radius 2 is 0.944 bits per heavy atom. The van der Waals surface area contributed by atoms with Crippen LogP contribution < -0.4 is 0 Å². The highest BCUT2D eigenvalue weighted by molar-refractivity contribution is 9.41. The lowest BCUT2D eigenvalue weighted by atomic mass is 10.5. The molecule has 10 heteroatoms. The van der Waals surface area contributed by atoms with E-state index >= 15 is 0 Å². The molecule has 2 fully saturated rings. The van der Waals surface area contributed by atoms with Gasteiger partial charge in [-0.05, 0) is 0 Å². The summed E-state index contributed by atoms with van der Waals surface area (Å²) in [5, 5.41) is 0. The fourth-order valence-electron chi connectivity index (χ4n) is 1.38. The van der Waals surface area contributed by atoms with Crippen molar-refractivity contribution < 1.29 is 9.47 Å². The third kappa shape index (κ3) is 7.09. The molecule has 2 aliphatic rings. The van der Waals surface area contributed by atoms with Gasteiger partial charge in [-0.1, -0.05) is 0 Å². The number of nitrogens with zero attached hydrogens (tertiary/aromatic N) is 2. The minimum atomic E-state index is 0.868. The predicted octanol–water partition coefficient (Wildman–Crippen LogP) is 3.46. The Morgan fingerprint density at radius 3 is 1.33 bits per heavy atom. The highest BCUT2D eigenvalue weighted by Gasteiger charge is 2.13. The smallest absolute Gasteiger partial charge is 0.0603 e. The molecule has 4 nitrogen and oxygen atoms in total. The largest absolute Gasteiger partial charge is 0.379 e. The molecule has 0 unspecified atom stereocenters. The number of hydrogen-bond acceptors (Lipinski definition) is 10. The van der Waals surface area contributed by atoms with Crippen LogP contribution in [0.4, 0.5) is 0 Å². The van der Waals surface area contributed by atoms with E-state index in [-0.39, 0.29) is 0 Å². The van der Waals surface area contributed by atoms with E-state index in [4.69, 9.17) is 9.47 Å². The Bertz CT molecular complexity index is 194. The lowest BCUT2D eigenvalue weighted by Gasteiger charge is -2.24. The molecule has 0 saturated carbocycles. The summed E-state index contributed by atoms with van der Waals surface area (Å²) >= 11 is 0. The van der Waals surface area contributed by atoms with Gasteiger partial charge in [-0.2, -0.15) is 0 Å². The van der Waals surface area contributed by atoms with Crippen LogP contribution in [0.5, 0.6) is 0 Å². The molecule has 2 heterocycles. The van der Waals surface area contributed by atoms with Crippen LogP contribution >= 0.6 is 61.3 Å². The first-order chi connectivity index (χ1) is 8.95. The molecular weight excluding hydrogens is 349 g/mol. The topological polar surface area (TPSA) is 24.9 Å². The van der Waals surface area contributed by atoms with Crippen LogP contribution in [0.1, 0.15) is 0 Å². The van der Waals surface area contributed by atoms with Gasteiger partial charge in [0.2, 0.25) is 0 Å². The highest BCUT2D eigenvalue weighted by Crippen LogP contribution is 2.53. The predicted molar refractivity (Wildman–Crippen MR) is 90.3 cm³/mol. The Balaban J connectivity index is 1.39. The van der Waals surface area contributed by atoms with Gasteiger partial charge in [-0.3, -0.25) is 0 Å². The first-order valence-corrected chi connectivity index (χ1v) is 13.0. The van der Waals surface area contributed by atoms with Crippen molar-refractivity contribution in [2.75, 3.05) is 52.6 Å². The van der Waals surface area contributed by atoms with Crippen molar-refractivity contribution in [2.45, 2.75) is 0 Å². The first kappa shape index (κ1) is 16.3. The fraction of sp³-hybridized carbons (Fsp3) is 1.00. The van der Waals surface area contributed by atoms with Crippen LogP contribution in [-0.2, 0) is 9.47 Å². The van der Waals surface area contributed by atoms with Crippen LogP contribution in [0.2, 0.25) is 0 Å². The second-order valence-electron chi connectivity index (χ2n) is 3.50. The van der Waals surface area contributed by atoms with Gasteiger partial charge >= 0.3 is 0 Å². The summed E-state index contributed by atoms with van der Waals surface area (Å²) in [6, 6.07) is 0. The Morgan fingerprint density at radius 1 is 0.556 bits per heavy atom. The van der Waals surface area contributed by atoms with Gasteiger partial charge in [0, 0.05) is 87.4 Å². The maximum Gasteiger partial charge on any atom is 0.0603 e. The molecule has 2 saturated heterocycles. The van der Waals surface area contributed by atoms with Crippen molar-refractivity contribution in [3.05, 3.63) is 0 Å². The van der Waals surface area contributed by atoms with Gasteiger partial charge in [0.05, 0.1) is 26.4 Å². The van der Waals surface area contributed by atoms with Crippen molar-refractivity contribution >= 4 is 61.3 Å². The number of morpholine rings is 2. The van der Waals surface area contributed by atoms with E-state index in [0.29, 0.717) is 0 Å². The monoisotopic (exact) mass is 364 g/mol. The number of rotatable bonds is 7. The zero-order chi connectivity index (χ0) is 12.5. The molecule has 0 aromatic heterocycles. The van der Waals surface area contributed by atoms with Crippen LogP contribution in [0.25, 0.3) is 0 Å². The van der Waals surface area contributed by atoms with E-state index in [1.54, 1.807) is 0 Å². The second-order valence-corrected chi connectivity index (χ2v) is 12.8. The van der Waals surface area contributed by atoms with Crippen molar-refractivity contribution in [3.8, 4) is 0 Å². The maximum atomic E-state index is 5.31. The summed E-state index contributed by atoms with van der Waals surface area (Å²) in [7, 11) is 11.0. The average molecular weight is 365 g/mol. The molecule has 0 radical (unpaired) electrons. The van der Waals surface area contributed by atoms with E-state index in [2.05, 4.69) is 8.61 Å². The lowest BCUT2D eigenvalue weighted by Crippen LogP contribution is -2.30. The summed E-state index contributed by atoms with van der Waals surface area (Å²) in [4.78, 5) is 0. The summed E-state index contributed by atoms with van der Waals surface area (Å²) in [5.74, 6) is 0. The van der Waals surface area contributed by atoms with E-state index in [0.717, 1.165) is 52.6 Å². The molecule has 0 aliphatic carbocycles. The van der Waals surface area contributed by atoms with E-state index in [1.807, 2.05) is 61.3 Å². The maximum absolute atomic E-state index is 5.31. The van der Waals surface area contributed by atoms with Gasteiger partial charge in [-0.25, -0.2) is 8.61 Å². The van der Waals surface area contributed by atoms with Gasteiger partial charge in [0.25, 0.3) is 0 Å². The number of ether oxygens (including phenoxy) is 2. The zero-order valence-electron chi connectivity index (χ0n) is 9.82. The van der Waals surface area contributed by atoms with E-state index in [1.165, 1.54) is 0 Å². The first-order valence-electron chi connectivity index (χ1n) is 5.62. The molecule has 0 amide bonds. The molecule has 0 N–H and O–H groups in total. The SMILES string of the molecule is C1CN(SSSSSSN2CCOCC2)CCO1. The Hall–Kier alpha value is 1.94. The molecule has 106 valence electrons. The summed E-state index contributed by atoms with van der Waals surface area (Å²) in [6.45, 7) is 7.63. The normalized spacial score (nSPS) is 23.3. The van der Waals surface area contributed by atoms with Crippen molar-refractivity contribution in [3.63, 3.8) is 0 Å².